The second kappa shape index (κ2) is 9.94. The van der Waals surface area contributed by atoms with Gasteiger partial charge in [-0.25, -0.2) is 0 Å². The first-order valence-corrected chi connectivity index (χ1v) is 12.2. The lowest BCUT2D eigenvalue weighted by Crippen LogP contribution is -2.44. The van der Waals surface area contributed by atoms with Crippen molar-refractivity contribution in [3.05, 3.63) is 65.9 Å². The molecule has 178 valence electrons. The third-order valence-corrected chi connectivity index (χ3v) is 7.30. The second-order valence-corrected chi connectivity index (χ2v) is 9.64. The van der Waals surface area contributed by atoms with Crippen molar-refractivity contribution in [2.75, 3.05) is 32.7 Å². The largest absolute Gasteiger partial charge is 0.504 e. The number of aromatic hydroxyl groups is 2. The third-order valence-electron chi connectivity index (χ3n) is 7.30. The first kappa shape index (κ1) is 22.5. The van der Waals surface area contributed by atoms with Crippen molar-refractivity contribution in [2.24, 2.45) is 5.92 Å². The molecule has 6 nitrogen and oxygen atoms in total. The van der Waals surface area contributed by atoms with Gasteiger partial charge in [0.15, 0.2) is 11.5 Å². The van der Waals surface area contributed by atoms with E-state index in [1.54, 1.807) is 18.2 Å². The van der Waals surface area contributed by atoms with Gasteiger partial charge in [-0.3, -0.25) is 4.79 Å². The summed E-state index contributed by atoms with van der Waals surface area (Å²) in [5.41, 5.74) is 3.01. The molecule has 0 saturated carbocycles. The molecule has 1 amide bonds. The topological polar surface area (TPSA) is 77.2 Å². The molecule has 2 saturated heterocycles. The Morgan fingerprint density at radius 2 is 1.85 bits per heavy atom. The van der Waals surface area contributed by atoms with Gasteiger partial charge in [-0.2, -0.15) is 0 Å². The smallest absolute Gasteiger partial charge is 0.246 e. The molecule has 3 heterocycles. The number of hydrogen-bond donors (Lipinski definition) is 2. The second-order valence-electron chi connectivity index (χ2n) is 9.64. The van der Waals surface area contributed by atoms with Gasteiger partial charge in [-0.05, 0) is 80.4 Å². The van der Waals surface area contributed by atoms with Crippen LogP contribution in [0.15, 0.2) is 59.2 Å². The third kappa shape index (κ3) is 4.97. The average molecular weight is 461 g/mol. The van der Waals surface area contributed by atoms with Crippen molar-refractivity contribution in [1.82, 2.24) is 9.80 Å². The average Bonchev–Trinajstić information content (AvgIpc) is 3.29. The highest BCUT2D eigenvalue weighted by atomic mass is 16.3. The number of carbonyl (C=O) groups is 1. The van der Waals surface area contributed by atoms with Crippen molar-refractivity contribution in [3.8, 4) is 11.5 Å². The van der Waals surface area contributed by atoms with Crippen molar-refractivity contribution in [3.63, 3.8) is 0 Å². The minimum absolute atomic E-state index is 0.00260. The van der Waals surface area contributed by atoms with E-state index in [0.29, 0.717) is 17.4 Å². The van der Waals surface area contributed by atoms with Crippen LogP contribution in [0.1, 0.15) is 42.7 Å². The molecule has 0 unspecified atom stereocenters. The number of benzene rings is 2. The number of hydrogen-bond acceptors (Lipinski definition) is 5. The number of furan rings is 1. The molecule has 5 rings (SSSR count). The van der Waals surface area contributed by atoms with Gasteiger partial charge in [0.25, 0.3) is 0 Å². The molecule has 2 aliphatic rings. The molecule has 1 aromatic heterocycles. The van der Waals surface area contributed by atoms with E-state index in [2.05, 4.69) is 17.0 Å². The van der Waals surface area contributed by atoms with Gasteiger partial charge in [0.1, 0.15) is 5.58 Å². The van der Waals surface area contributed by atoms with Gasteiger partial charge in [0.05, 0.1) is 6.26 Å². The van der Waals surface area contributed by atoms with Crippen molar-refractivity contribution >= 4 is 23.0 Å². The molecule has 2 aromatic carbocycles. The molecule has 2 fully saturated rings. The van der Waals surface area contributed by atoms with Crippen LogP contribution in [0, 0.1) is 5.92 Å². The van der Waals surface area contributed by atoms with Gasteiger partial charge in [-0.15, -0.1) is 0 Å². The predicted molar refractivity (Wildman–Crippen MR) is 133 cm³/mol. The number of nitrogens with zero attached hydrogens (tertiary/aromatic N) is 2. The highest BCUT2D eigenvalue weighted by Gasteiger charge is 2.28. The molecule has 6 heteroatoms. The Morgan fingerprint density at radius 3 is 2.68 bits per heavy atom. The summed E-state index contributed by atoms with van der Waals surface area (Å²) in [5, 5.41) is 20.3. The SMILES string of the molecule is O=C(/C=C/c1ccc(O)c(O)c1)N1CCC[C@H](CN2CCC(c3coc4ccccc34)CC2)C1. The molecule has 0 radical (unpaired) electrons. The van der Waals surface area contributed by atoms with Gasteiger partial charge >= 0.3 is 0 Å². The van der Waals surface area contributed by atoms with Gasteiger partial charge in [0, 0.05) is 36.7 Å². The normalized spacial score (nSPS) is 20.4. The zero-order valence-corrected chi connectivity index (χ0v) is 19.4. The van der Waals surface area contributed by atoms with E-state index in [1.165, 1.54) is 23.1 Å². The van der Waals surface area contributed by atoms with Crippen LogP contribution in [-0.4, -0.2) is 58.6 Å². The summed E-state index contributed by atoms with van der Waals surface area (Å²) in [4.78, 5) is 17.2. The monoisotopic (exact) mass is 460 g/mol. The van der Waals surface area contributed by atoms with Crippen molar-refractivity contribution in [2.45, 2.75) is 31.6 Å². The van der Waals surface area contributed by atoms with Crippen LogP contribution >= 0.6 is 0 Å². The Morgan fingerprint density at radius 1 is 1.03 bits per heavy atom. The predicted octanol–water partition coefficient (Wildman–Crippen LogP) is 4.98. The van der Waals surface area contributed by atoms with Crippen LogP contribution in [0.3, 0.4) is 0 Å². The summed E-state index contributed by atoms with van der Waals surface area (Å²) in [6.45, 7) is 4.78. The Labute approximate surface area is 200 Å². The molecule has 34 heavy (non-hydrogen) atoms. The number of piperidine rings is 2. The number of phenolic OH excluding ortho intramolecular Hbond substituents is 2. The van der Waals surface area contributed by atoms with Crippen molar-refractivity contribution < 1.29 is 19.4 Å². The zero-order valence-electron chi connectivity index (χ0n) is 19.4. The number of likely N-dealkylation sites (tertiary alicyclic amines) is 2. The van der Waals surface area contributed by atoms with E-state index in [4.69, 9.17) is 4.42 Å². The number of carbonyl (C=O) groups excluding carboxylic acids is 1. The number of amides is 1. The van der Waals surface area contributed by atoms with Crippen molar-refractivity contribution in [1.29, 1.82) is 0 Å². The summed E-state index contributed by atoms with van der Waals surface area (Å²) in [7, 11) is 0. The lowest BCUT2D eigenvalue weighted by atomic mass is 9.88. The minimum atomic E-state index is -0.183. The quantitative estimate of drug-likeness (QED) is 0.415. The molecular weight excluding hydrogens is 428 g/mol. The van der Waals surface area contributed by atoms with Crippen LogP contribution in [0.2, 0.25) is 0 Å². The maximum absolute atomic E-state index is 12.7. The fourth-order valence-corrected chi connectivity index (χ4v) is 5.44. The molecule has 2 N–H and O–H groups in total. The molecular formula is C28H32N2O4. The summed E-state index contributed by atoms with van der Waals surface area (Å²) >= 11 is 0. The van der Waals surface area contributed by atoms with Crippen LogP contribution in [0.25, 0.3) is 17.0 Å². The maximum Gasteiger partial charge on any atom is 0.246 e. The number of phenols is 2. The van der Waals surface area contributed by atoms with Crippen LogP contribution in [-0.2, 0) is 4.79 Å². The van der Waals surface area contributed by atoms with Crippen LogP contribution in [0.4, 0.5) is 0 Å². The summed E-state index contributed by atoms with van der Waals surface area (Å²) < 4.78 is 5.76. The summed E-state index contributed by atoms with van der Waals surface area (Å²) in [6.07, 6.45) is 9.67. The summed E-state index contributed by atoms with van der Waals surface area (Å²) in [6, 6.07) is 12.8. The minimum Gasteiger partial charge on any atom is -0.504 e. The summed E-state index contributed by atoms with van der Waals surface area (Å²) in [5.74, 6) is 0.702. The molecule has 0 bridgehead atoms. The fourth-order valence-electron chi connectivity index (χ4n) is 5.44. The molecule has 0 aliphatic carbocycles. The van der Waals surface area contributed by atoms with E-state index in [9.17, 15) is 15.0 Å². The molecule has 0 spiro atoms. The Hall–Kier alpha value is -3.25. The zero-order chi connectivity index (χ0) is 23.5. The highest BCUT2D eigenvalue weighted by molar-refractivity contribution is 5.92. The van der Waals surface area contributed by atoms with Crippen LogP contribution in [0.5, 0.6) is 11.5 Å². The molecule has 3 aromatic rings. The number of rotatable bonds is 5. The lowest BCUT2D eigenvalue weighted by molar-refractivity contribution is -0.127. The fraction of sp³-hybridized carbons (Fsp3) is 0.393. The Kier molecular flexibility index (Phi) is 6.59. The van der Waals surface area contributed by atoms with E-state index in [0.717, 1.165) is 64.0 Å². The first-order chi connectivity index (χ1) is 16.6. The maximum atomic E-state index is 12.7. The van der Waals surface area contributed by atoms with Gasteiger partial charge < -0.3 is 24.4 Å². The lowest BCUT2D eigenvalue weighted by Gasteiger charge is -2.38. The number of fused-ring (bicyclic) bond motifs is 1. The highest BCUT2D eigenvalue weighted by Crippen LogP contribution is 2.35. The molecule has 2 aliphatic heterocycles. The first-order valence-electron chi connectivity index (χ1n) is 12.2. The molecule has 1 atom stereocenters. The van der Waals surface area contributed by atoms with E-state index < -0.39 is 0 Å². The van der Waals surface area contributed by atoms with E-state index >= 15 is 0 Å². The van der Waals surface area contributed by atoms with Gasteiger partial charge in [-0.1, -0.05) is 24.3 Å². The number of para-hydroxylation sites is 1. The Bertz CT molecular complexity index is 1180. The van der Waals surface area contributed by atoms with Gasteiger partial charge in [0.2, 0.25) is 5.91 Å². The van der Waals surface area contributed by atoms with Crippen LogP contribution < -0.4 is 0 Å². The Balaban J connectivity index is 1.13. The van der Waals surface area contributed by atoms with E-state index in [-0.39, 0.29) is 17.4 Å². The van der Waals surface area contributed by atoms with E-state index in [1.807, 2.05) is 23.3 Å². The standard InChI is InChI=1S/C28H32N2O4/c31-25-9-7-20(16-26(25)32)8-10-28(33)30-13-3-4-21(18-30)17-29-14-11-22(12-15-29)24-19-34-27-6-2-1-5-23(24)27/h1-2,5-10,16,19,21-22,31-32H,3-4,11-15,17-18H2/b10-8+/t21-/m1/s1.